The van der Waals surface area contributed by atoms with Crippen LogP contribution in [0.5, 0.6) is 0 Å². The third kappa shape index (κ3) is 3.08. The van der Waals surface area contributed by atoms with E-state index in [9.17, 15) is 8.42 Å². The van der Waals surface area contributed by atoms with Gasteiger partial charge in [0.15, 0.2) is 0 Å². The summed E-state index contributed by atoms with van der Waals surface area (Å²) in [6.45, 7) is 0. The number of rotatable bonds is 1. The van der Waals surface area contributed by atoms with Crippen molar-refractivity contribution in [3.8, 4) is 0 Å². The van der Waals surface area contributed by atoms with Gasteiger partial charge in [0.25, 0.3) is 10.1 Å². The van der Waals surface area contributed by atoms with Gasteiger partial charge in [0, 0.05) is 38.5 Å². The van der Waals surface area contributed by atoms with E-state index in [-0.39, 0.29) is 34.5 Å². The van der Waals surface area contributed by atoms with Crippen LogP contribution in [0.2, 0.25) is 0 Å². The van der Waals surface area contributed by atoms with Crippen molar-refractivity contribution in [3.05, 3.63) is 51.4 Å². The molecular formula is C14H8Br2NaO3S. The van der Waals surface area contributed by atoms with E-state index < -0.39 is 10.1 Å². The Bertz CT molecular complexity index is 955. The van der Waals surface area contributed by atoms with Crippen molar-refractivity contribution in [1.82, 2.24) is 0 Å². The van der Waals surface area contributed by atoms with E-state index in [0.29, 0.717) is 0 Å². The van der Waals surface area contributed by atoms with E-state index in [0.717, 1.165) is 30.5 Å². The minimum Gasteiger partial charge on any atom is -0.282 e. The molecule has 0 aliphatic rings. The summed E-state index contributed by atoms with van der Waals surface area (Å²) in [6.07, 6.45) is 0. The van der Waals surface area contributed by atoms with Crippen molar-refractivity contribution in [2.45, 2.75) is 4.90 Å². The molecule has 3 aromatic carbocycles. The third-order valence-electron chi connectivity index (χ3n) is 3.16. The van der Waals surface area contributed by atoms with Crippen molar-refractivity contribution in [2.75, 3.05) is 0 Å². The number of hydrogen-bond donors (Lipinski definition) is 1. The van der Waals surface area contributed by atoms with Crippen LogP contribution in [0.25, 0.3) is 21.5 Å². The van der Waals surface area contributed by atoms with Crippen LogP contribution in [-0.4, -0.2) is 42.5 Å². The van der Waals surface area contributed by atoms with Gasteiger partial charge in [-0.1, -0.05) is 30.3 Å². The molecule has 3 nitrogen and oxygen atoms in total. The zero-order valence-electron chi connectivity index (χ0n) is 11.0. The zero-order valence-corrected chi connectivity index (χ0v) is 17.0. The van der Waals surface area contributed by atoms with E-state index >= 15 is 0 Å². The van der Waals surface area contributed by atoms with E-state index in [1.165, 1.54) is 12.1 Å². The van der Waals surface area contributed by atoms with Crippen LogP contribution >= 0.6 is 31.9 Å². The smallest absolute Gasteiger partial charge is 0.282 e. The minimum atomic E-state index is -4.21. The predicted molar refractivity (Wildman–Crippen MR) is 92.4 cm³/mol. The summed E-state index contributed by atoms with van der Waals surface area (Å²) in [5, 5.41) is 3.61. The first-order chi connectivity index (χ1) is 9.39. The molecule has 0 spiro atoms. The maximum Gasteiger partial charge on any atom is 0.294 e. The fourth-order valence-electron chi connectivity index (χ4n) is 2.21. The van der Waals surface area contributed by atoms with Gasteiger partial charge in [-0.25, -0.2) is 0 Å². The number of fused-ring (bicyclic) bond motifs is 2. The van der Waals surface area contributed by atoms with Gasteiger partial charge in [-0.05, 0) is 65.5 Å². The number of halogens is 2. The molecule has 0 bridgehead atoms. The molecule has 7 heteroatoms. The Balaban J connectivity index is 0.00000161. The first kappa shape index (κ1) is 17.4. The summed E-state index contributed by atoms with van der Waals surface area (Å²) >= 11 is 7.08. The van der Waals surface area contributed by atoms with Crippen molar-refractivity contribution < 1.29 is 13.0 Å². The average Bonchev–Trinajstić information content (AvgIpc) is 2.43. The van der Waals surface area contributed by atoms with Gasteiger partial charge in [0.2, 0.25) is 0 Å². The van der Waals surface area contributed by atoms with E-state index in [1.807, 2.05) is 24.3 Å². The van der Waals surface area contributed by atoms with Gasteiger partial charge in [-0.3, -0.25) is 4.55 Å². The quantitative estimate of drug-likeness (QED) is 0.348. The van der Waals surface area contributed by atoms with Crippen LogP contribution in [0.3, 0.4) is 0 Å². The Hall–Kier alpha value is 0.0500. The topological polar surface area (TPSA) is 54.4 Å². The van der Waals surface area contributed by atoms with Gasteiger partial charge in [0.1, 0.15) is 0 Å². The second-order valence-corrected chi connectivity index (χ2v) is 7.36. The Morgan fingerprint density at radius 3 is 1.81 bits per heavy atom. The van der Waals surface area contributed by atoms with Crippen molar-refractivity contribution >= 4 is 93.1 Å². The molecule has 0 heterocycles. The fraction of sp³-hybridized carbons (Fsp3) is 0. The van der Waals surface area contributed by atoms with Crippen molar-refractivity contribution in [1.29, 1.82) is 0 Å². The summed E-state index contributed by atoms with van der Waals surface area (Å²) in [5.41, 5.74) is 0. The maximum atomic E-state index is 11.3. The Kier molecular flexibility index (Phi) is 5.20. The van der Waals surface area contributed by atoms with Gasteiger partial charge in [-0.15, -0.1) is 0 Å². The normalized spacial score (nSPS) is 11.6. The Labute approximate surface area is 161 Å². The Morgan fingerprint density at radius 2 is 1.29 bits per heavy atom. The molecule has 0 atom stereocenters. The largest absolute Gasteiger partial charge is 0.294 e. The van der Waals surface area contributed by atoms with Crippen molar-refractivity contribution in [3.63, 3.8) is 0 Å². The number of benzene rings is 3. The molecule has 0 aliphatic heterocycles. The molecule has 3 aromatic rings. The van der Waals surface area contributed by atoms with Crippen LogP contribution < -0.4 is 0 Å². The molecule has 1 radical (unpaired) electrons. The van der Waals surface area contributed by atoms with Crippen molar-refractivity contribution in [2.24, 2.45) is 0 Å². The molecule has 1 N–H and O–H groups in total. The van der Waals surface area contributed by atoms with Crippen LogP contribution in [0, 0.1) is 0 Å². The summed E-state index contributed by atoms with van der Waals surface area (Å²) in [7, 11) is -4.21. The molecule has 0 aliphatic carbocycles. The van der Waals surface area contributed by atoms with Gasteiger partial charge in [0.05, 0.1) is 4.90 Å². The van der Waals surface area contributed by atoms with Crippen LogP contribution in [-0.2, 0) is 10.1 Å². The predicted octanol–water partition coefficient (Wildman–Crippen LogP) is 4.38. The number of hydrogen-bond acceptors (Lipinski definition) is 2. The zero-order chi connectivity index (χ0) is 14.5. The third-order valence-corrected chi connectivity index (χ3v) is 5.72. The summed E-state index contributed by atoms with van der Waals surface area (Å²) in [5.74, 6) is 0. The molecule has 0 saturated heterocycles. The second-order valence-electron chi connectivity index (χ2n) is 4.36. The molecule has 21 heavy (non-hydrogen) atoms. The first-order valence-electron chi connectivity index (χ1n) is 5.66. The molecule has 3 rings (SSSR count). The average molecular weight is 439 g/mol. The molecule has 0 aromatic heterocycles. The minimum absolute atomic E-state index is 0. The van der Waals surface area contributed by atoms with Crippen LogP contribution in [0.1, 0.15) is 0 Å². The monoisotopic (exact) mass is 437 g/mol. The van der Waals surface area contributed by atoms with E-state index in [4.69, 9.17) is 4.55 Å². The molecule has 0 unspecified atom stereocenters. The maximum absolute atomic E-state index is 11.3. The first-order valence-corrected chi connectivity index (χ1v) is 8.69. The molecule has 0 fully saturated rings. The standard InChI is InChI=1S/C14H8Br2O3S.Na/c15-13-9-3-1-2-4-10(9)14(16)12-7-8(20(17,18)19)5-6-11(12)13;/h1-7H,(H,17,18,19);. The molecule has 103 valence electrons. The molecule has 0 saturated carbocycles. The Morgan fingerprint density at radius 1 is 0.810 bits per heavy atom. The second kappa shape index (κ2) is 6.28. The molecular weight excluding hydrogens is 431 g/mol. The van der Waals surface area contributed by atoms with Gasteiger partial charge < -0.3 is 0 Å². The van der Waals surface area contributed by atoms with Crippen LogP contribution in [0.15, 0.2) is 56.3 Å². The van der Waals surface area contributed by atoms with Gasteiger partial charge in [-0.2, -0.15) is 8.42 Å². The summed E-state index contributed by atoms with van der Waals surface area (Å²) in [4.78, 5) is -0.118. The fourth-order valence-corrected chi connectivity index (χ4v) is 4.08. The summed E-state index contributed by atoms with van der Waals surface area (Å²) in [6, 6.07) is 12.3. The van der Waals surface area contributed by atoms with E-state index in [1.54, 1.807) is 6.07 Å². The summed E-state index contributed by atoms with van der Waals surface area (Å²) < 4.78 is 33.4. The molecule has 0 amide bonds. The van der Waals surface area contributed by atoms with E-state index in [2.05, 4.69) is 31.9 Å². The van der Waals surface area contributed by atoms with Crippen LogP contribution in [0.4, 0.5) is 0 Å². The SMILES string of the molecule is O=S(=O)(O)c1ccc2c(Br)c3ccccc3c(Br)c2c1.[Na]. The van der Waals surface area contributed by atoms with Gasteiger partial charge >= 0.3 is 0 Å².